The van der Waals surface area contributed by atoms with E-state index >= 15 is 0 Å². The van der Waals surface area contributed by atoms with Crippen molar-refractivity contribution in [3.8, 4) is 11.7 Å². The van der Waals surface area contributed by atoms with E-state index in [9.17, 15) is 13.2 Å². The summed E-state index contributed by atoms with van der Waals surface area (Å²) < 4.78 is 34.3. The molecule has 6 rings (SSSR count). The minimum atomic E-state index is -4.25. The van der Waals surface area contributed by atoms with Crippen LogP contribution in [0.25, 0.3) is 16.9 Å². The van der Waals surface area contributed by atoms with Gasteiger partial charge in [-0.05, 0) is 56.5 Å². The van der Waals surface area contributed by atoms with Gasteiger partial charge in [-0.15, -0.1) is 0 Å². The van der Waals surface area contributed by atoms with Crippen molar-refractivity contribution in [2.45, 2.75) is 38.1 Å². The van der Waals surface area contributed by atoms with Crippen LogP contribution in [0.3, 0.4) is 0 Å². The normalized spacial score (nSPS) is 12.9. The van der Waals surface area contributed by atoms with Crippen LogP contribution in [0.5, 0.6) is 5.75 Å². The van der Waals surface area contributed by atoms with Crippen molar-refractivity contribution in [2.24, 2.45) is 5.73 Å². The summed E-state index contributed by atoms with van der Waals surface area (Å²) in [6, 6.07) is 21.3. The Hall–Kier alpha value is -4.90. The number of carbonyl (C=O) groups excluding carboxylic acids is 1. The highest BCUT2D eigenvalue weighted by Crippen LogP contribution is 2.39. The molecule has 5 aromatic rings. The number of fused-ring (bicyclic) bond motifs is 2. The number of nitrogens with two attached hydrogens (primary N) is 1. The van der Waals surface area contributed by atoms with Gasteiger partial charge in [0, 0.05) is 18.7 Å². The van der Waals surface area contributed by atoms with E-state index in [1.54, 1.807) is 41.8 Å². The molecule has 0 unspecified atom stereocenters. The zero-order valence-corrected chi connectivity index (χ0v) is 24.0. The first-order valence-electron chi connectivity index (χ1n) is 13.6. The molecule has 42 heavy (non-hydrogen) atoms. The molecule has 0 aliphatic carbocycles. The second-order valence-corrected chi connectivity index (χ2v) is 11.8. The lowest BCUT2D eigenvalue weighted by molar-refractivity contribution is 0.100. The van der Waals surface area contributed by atoms with Crippen LogP contribution in [0.15, 0.2) is 77.7 Å². The zero-order valence-electron chi connectivity index (χ0n) is 23.2. The molecule has 11 heteroatoms. The van der Waals surface area contributed by atoms with Crippen LogP contribution in [0.4, 0.5) is 11.6 Å². The first-order chi connectivity index (χ1) is 20.2. The molecule has 0 fully saturated rings. The van der Waals surface area contributed by atoms with Gasteiger partial charge in [0.2, 0.25) is 11.9 Å². The van der Waals surface area contributed by atoms with Crippen LogP contribution in [-0.4, -0.2) is 35.4 Å². The first-order valence-corrected chi connectivity index (χ1v) is 15.0. The van der Waals surface area contributed by atoms with Crippen molar-refractivity contribution >= 4 is 38.6 Å². The number of aromatic nitrogens is 3. The second kappa shape index (κ2) is 10.8. The molecule has 0 saturated carbocycles. The van der Waals surface area contributed by atoms with Gasteiger partial charge in [0.25, 0.3) is 0 Å². The van der Waals surface area contributed by atoms with E-state index < -0.39 is 16.0 Å². The Labute approximate surface area is 243 Å². The molecule has 214 valence electrons. The largest absolute Gasteiger partial charge is 0.376 e. The van der Waals surface area contributed by atoms with Gasteiger partial charge in [0.15, 0.2) is 5.75 Å². The van der Waals surface area contributed by atoms with Gasteiger partial charge >= 0.3 is 10.1 Å². The number of anilines is 2. The number of carbonyl (C=O) groups is 1. The van der Waals surface area contributed by atoms with Crippen LogP contribution < -0.4 is 20.6 Å². The van der Waals surface area contributed by atoms with Gasteiger partial charge < -0.3 is 20.6 Å². The maximum absolute atomic E-state index is 13.4. The topological polar surface area (TPSA) is 141 Å². The fourth-order valence-corrected chi connectivity index (χ4v) is 6.20. The van der Waals surface area contributed by atoms with Crippen molar-refractivity contribution in [2.75, 3.05) is 17.2 Å². The Kier molecular flexibility index (Phi) is 7.03. The monoisotopic (exact) mass is 582 g/mol. The lowest BCUT2D eigenvalue weighted by Gasteiger charge is -2.22. The third-order valence-corrected chi connectivity index (χ3v) is 8.57. The van der Waals surface area contributed by atoms with Crippen molar-refractivity contribution in [3.05, 3.63) is 101 Å². The molecule has 10 nitrogen and oxygen atoms in total. The summed E-state index contributed by atoms with van der Waals surface area (Å²) in [5.74, 6) is 0.948. The van der Waals surface area contributed by atoms with Gasteiger partial charge in [-0.1, -0.05) is 54.1 Å². The molecule has 4 N–H and O–H groups in total. The predicted molar refractivity (Wildman–Crippen MR) is 162 cm³/mol. The number of hydrogen-bond acceptors (Lipinski definition) is 8. The fourth-order valence-electron chi connectivity index (χ4n) is 5.21. The molecule has 0 atom stereocenters. The Balaban J connectivity index is 1.52. The number of primary amides is 1. The van der Waals surface area contributed by atoms with E-state index in [2.05, 4.69) is 10.6 Å². The summed E-state index contributed by atoms with van der Waals surface area (Å²) in [5.41, 5.74) is 9.75. The molecule has 3 aromatic carbocycles. The van der Waals surface area contributed by atoms with E-state index in [-0.39, 0.29) is 21.6 Å². The van der Waals surface area contributed by atoms with Crippen molar-refractivity contribution in [3.63, 3.8) is 0 Å². The zero-order chi connectivity index (χ0) is 29.4. The highest BCUT2D eigenvalue weighted by Gasteiger charge is 2.28. The summed E-state index contributed by atoms with van der Waals surface area (Å²) in [4.78, 5) is 22.3. The summed E-state index contributed by atoms with van der Waals surface area (Å²) in [5, 5.41) is 7.11. The summed E-state index contributed by atoms with van der Waals surface area (Å²) in [6.07, 6.45) is 1.75. The molecule has 1 aliphatic rings. The maximum atomic E-state index is 13.4. The number of amides is 1. The number of aryl methyl sites for hydroxylation is 1. The molecule has 1 amide bonds. The standard InChI is InChI=1S/C31H30N6O4S/c1-19-13-15-22(16-14-19)42(39,40)41-27-20(2)37(25-12-6-10-23(26(25)27)28(32)38)31-35-29-24(11-7-17-33-29)30(36-31)34-18-21-8-4-3-5-9-21/h3-6,8-10,12-16H,7,11,17-18H2,1-2H3,(H2,32,38)(H2,33,34,35,36). The van der Waals surface area contributed by atoms with Crippen LogP contribution in [0.1, 0.15) is 39.2 Å². The van der Waals surface area contributed by atoms with E-state index in [1.807, 2.05) is 37.3 Å². The summed E-state index contributed by atoms with van der Waals surface area (Å²) in [6.45, 7) is 4.90. The molecular weight excluding hydrogens is 552 g/mol. The molecule has 2 aromatic heterocycles. The summed E-state index contributed by atoms with van der Waals surface area (Å²) >= 11 is 0. The lowest BCUT2D eigenvalue weighted by Crippen LogP contribution is -2.19. The van der Waals surface area contributed by atoms with Crippen LogP contribution >= 0.6 is 0 Å². The molecule has 0 radical (unpaired) electrons. The molecule has 0 bridgehead atoms. The second-order valence-electron chi connectivity index (χ2n) is 10.2. The number of hydrogen-bond donors (Lipinski definition) is 3. The quantitative estimate of drug-likeness (QED) is 0.220. The molecule has 0 saturated heterocycles. The average Bonchev–Trinajstić information content (AvgIpc) is 3.26. The van der Waals surface area contributed by atoms with E-state index in [4.69, 9.17) is 19.9 Å². The smallest absolute Gasteiger partial charge is 0.339 e. The highest BCUT2D eigenvalue weighted by atomic mass is 32.2. The Morgan fingerprint density at radius 2 is 1.79 bits per heavy atom. The Bertz CT molecular complexity index is 1920. The van der Waals surface area contributed by atoms with Gasteiger partial charge in [-0.2, -0.15) is 18.4 Å². The SMILES string of the molecule is Cc1ccc(S(=O)(=O)Oc2c(C)n(-c3nc4c(c(NCc5ccccc5)n3)CCCN4)c3cccc(C(N)=O)c23)cc1. The molecule has 1 aliphatic heterocycles. The van der Waals surface area contributed by atoms with E-state index in [1.165, 1.54) is 12.1 Å². The van der Waals surface area contributed by atoms with Crippen molar-refractivity contribution in [1.29, 1.82) is 0 Å². The highest BCUT2D eigenvalue weighted by molar-refractivity contribution is 7.87. The molecule has 0 spiro atoms. The van der Waals surface area contributed by atoms with Crippen molar-refractivity contribution < 1.29 is 17.4 Å². The van der Waals surface area contributed by atoms with Gasteiger partial charge in [0.1, 0.15) is 16.5 Å². The van der Waals surface area contributed by atoms with E-state index in [0.717, 1.165) is 36.1 Å². The lowest BCUT2D eigenvalue weighted by atomic mass is 10.1. The first kappa shape index (κ1) is 27.3. The number of rotatable bonds is 8. The summed E-state index contributed by atoms with van der Waals surface area (Å²) in [7, 11) is -4.25. The molecular formula is C31H30N6O4S. The Morgan fingerprint density at radius 3 is 2.52 bits per heavy atom. The fraction of sp³-hybridized carbons (Fsp3) is 0.194. The predicted octanol–water partition coefficient (Wildman–Crippen LogP) is 4.87. The van der Waals surface area contributed by atoms with Gasteiger partial charge in [-0.25, -0.2) is 0 Å². The Morgan fingerprint density at radius 1 is 1.02 bits per heavy atom. The third-order valence-electron chi connectivity index (χ3n) is 7.34. The van der Waals surface area contributed by atoms with Gasteiger partial charge in [-0.3, -0.25) is 9.36 Å². The minimum absolute atomic E-state index is 0.00644. The van der Waals surface area contributed by atoms with Crippen LogP contribution in [0, 0.1) is 13.8 Å². The number of nitrogens with one attached hydrogen (secondary N) is 2. The number of benzene rings is 3. The van der Waals surface area contributed by atoms with Crippen LogP contribution in [0.2, 0.25) is 0 Å². The maximum Gasteiger partial charge on any atom is 0.339 e. The van der Waals surface area contributed by atoms with E-state index in [0.29, 0.717) is 35.3 Å². The minimum Gasteiger partial charge on any atom is -0.376 e. The van der Waals surface area contributed by atoms with Crippen molar-refractivity contribution in [1.82, 2.24) is 14.5 Å². The van der Waals surface area contributed by atoms with Gasteiger partial charge in [0.05, 0.1) is 22.2 Å². The number of nitrogens with zero attached hydrogens (tertiary/aromatic N) is 3. The third kappa shape index (κ3) is 5.03. The van der Waals surface area contributed by atoms with Crippen LogP contribution in [-0.2, 0) is 23.1 Å². The average molecular weight is 583 g/mol. The molecule has 3 heterocycles.